The normalized spacial score (nSPS) is 18.4. The van der Waals surface area contributed by atoms with Crippen molar-refractivity contribution in [3.63, 3.8) is 0 Å². The Morgan fingerprint density at radius 3 is 2.70 bits per heavy atom. The summed E-state index contributed by atoms with van der Waals surface area (Å²) in [5.74, 6) is -0.360. The maximum Gasteiger partial charge on any atom is 0.244 e. The van der Waals surface area contributed by atoms with Crippen LogP contribution in [0, 0.1) is 5.82 Å². The zero-order chi connectivity index (χ0) is 16.7. The van der Waals surface area contributed by atoms with E-state index in [1.165, 1.54) is 18.2 Å². The molecule has 1 fully saturated rings. The number of nitrogens with two attached hydrogens (primary N) is 1. The second-order valence-corrected chi connectivity index (χ2v) is 7.42. The fourth-order valence-corrected chi connectivity index (χ4v) is 3.68. The van der Waals surface area contributed by atoms with Gasteiger partial charge in [-0.1, -0.05) is 17.3 Å². The SMILES string of the molecule is CC(NS(=O)(=O)c1ccccc1F)c1nc(C2(N)CCC2)no1. The molecule has 0 saturated heterocycles. The molecule has 0 radical (unpaired) electrons. The molecule has 1 unspecified atom stereocenters. The summed E-state index contributed by atoms with van der Waals surface area (Å²) >= 11 is 0. The van der Waals surface area contributed by atoms with Gasteiger partial charge in [0.15, 0.2) is 5.82 Å². The average Bonchev–Trinajstić information content (AvgIpc) is 2.95. The molecule has 23 heavy (non-hydrogen) atoms. The van der Waals surface area contributed by atoms with Crippen LogP contribution in [0.5, 0.6) is 0 Å². The van der Waals surface area contributed by atoms with Crippen molar-refractivity contribution in [2.45, 2.75) is 42.7 Å². The fraction of sp³-hybridized carbons (Fsp3) is 0.429. The van der Waals surface area contributed by atoms with Gasteiger partial charge in [0, 0.05) is 0 Å². The molecule has 1 heterocycles. The molecule has 1 atom stereocenters. The van der Waals surface area contributed by atoms with Gasteiger partial charge < -0.3 is 10.3 Å². The highest BCUT2D eigenvalue weighted by atomic mass is 32.2. The number of benzene rings is 1. The van der Waals surface area contributed by atoms with Crippen molar-refractivity contribution >= 4 is 10.0 Å². The largest absolute Gasteiger partial charge is 0.338 e. The van der Waals surface area contributed by atoms with Crippen molar-refractivity contribution in [1.82, 2.24) is 14.9 Å². The third kappa shape index (κ3) is 2.99. The molecule has 0 amide bonds. The minimum atomic E-state index is -4.04. The first-order valence-electron chi connectivity index (χ1n) is 7.22. The second-order valence-electron chi connectivity index (χ2n) is 5.74. The first-order chi connectivity index (χ1) is 10.8. The summed E-state index contributed by atoms with van der Waals surface area (Å²) < 4.78 is 45.6. The highest BCUT2D eigenvalue weighted by Gasteiger charge is 2.39. The molecule has 3 rings (SSSR count). The van der Waals surface area contributed by atoms with Gasteiger partial charge in [-0.2, -0.15) is 9.71 Å². The van der Waals surface area contributed by atoms with Crippen LogP contribution in [0.2, 0.25) is 0 Å². The Morgan fingerprint density at radius 1 is 1.39 bits per heavy atom. The summed E-state index contributed by atoms with van der Waals surface area (Å²) in [7, 11) is -4.04. The molecular formula is C14H17FN4O3S. The Balaban J connectivity index is 1.79. The Morgan fingerprint density at radius 2 is 2.09 bits per heavy atom. The number of hydrogen-bond donors (Lipinski definition) is 2. The summed E-state index contributed by atoms with van der Waals surface area (Å²) in [4.78, 5) is 3.75. The van der Waals surface area contributed by atoms with Gasteiger partial charge in [0.1, 0.15) is 10.7 Å². The molecule has 1 aromatic heterocycles. The van der Waals surface area contributed by atoms with Crippen molar-refractivity contribution in [2.24, 2.45) is 5.73 Å². The van der Waals surface area contributed by atoms with Crippen LogP contribution in [0.25, 0.3) is 0 Å². The molecule has 1 aromatic carbocycles. The maximum atomic E-state index is 13.7. The molecule has 9 heteroatoms. The number of aromatic nitrogens is 2. The summed E-state index contributed by atoms with van der Waals surface area (Å²) in [5.41, 5.74) is 5.51. The zero-order valence-corrected chi connectivity index (χ0v) is 13.3. The molecule has 124 valence electrons. The molecule has 0 bridgehead atoms. The van der Waals surface area contributed by atoms with Crippen LogP contribution >= 0.6 is 0 Å². The molecule has 0 aliphatic heterocycles. The van der Waals surface area contributed by atoms with Crippen LogP contribution < -0.4 is 10.5 Å². The maximum absolute atomic E-state index is 13.7. The summed E-state index contributed by atoms with van der Waals surface area (Å²) in [6.07, 6.45) is 2.53. The molecule has 7 nitrogen and oxygen atoms in total. The van der Waals surface area contributed by atoms with Crippen LogP contribution in [0.15, 0.2) is 33.7 Å². The lowest BCUT2D eigenvalue weighted by atomic mass is 9.77. The molecule has 1 aliphatic carbocycles. The minimum Gasteiger partial charge on any atom is -0.338 e. The molecular weight excluding hydrogens is 323 g/mol. The number of halogens is 1. The highest BCUT2D eigenvalue weighted by Crippen LogP contribution is 2.37. The third-order valence-corrected chi connectivity index (χ3v) is 5.54. The van der Waals surface area contributed by atoms with E-state index in [1.807, 2.05) is 0 Å². The van der Waals surface area contributed by atoms with E-state index in [0.29, 0.717) is 5.82 Å². The predicted octanol–water partition coefficient (Wildman–Crippen LogP) is 1.59. The molecule has 3 N–H and O–H groups in total. The number of nitrogens with one attached hydrogen (secondary N) is 1. The van der Waals surface area contributed by atoms with Crippen LogP contribution in [0.4, 0.5) is 4.39 Å². The van der Waals surface area contributed by atoms with E-state index in [9.17, 15) is 12.8 Å². The zero-order valence-electron chi connectivity index (χ0n) is 12.5. The van der Waals surface area contributed by atoms with Crippen LogP contribution in [-0.2, 0) is 15.6 Å². The topological polar surface area (TPSA) is 111 Å². The summed E-state index contributed by atoms with van der Waals surface area (Å²) in [5, 5.41) is 3.83. The van der Waals surface area contributed by atoms with Crippen LogP contribution in [0.1, 0.15) is 43.9 Å². The van der Waals surface area contributed by atoms with Gasteiger partial charge >= 0.3 is 0 Å². The quantitative estimate of drug-likeness (QED) is 0.855. The standard InChI is InChI=1S/C14H17FN4O3S/c1-9(12-17-13(18-22-12)14(16)7-4-8-14)19-23(20,21)11-6-3-2-5-10(11)15/h2-3,5-6,9,19H,4,7-8,16H2,1H3. The number of nitrogens with zero attached hydrogens (tertiary/aromatic N) is 2. The van der Waals surface area contributed by atoms with Gasteiger partial charge in [0.2, 0.25) is 15.9 Å². The van der Waals surface area contributed by atoms with Crippen molar-refractivity contribution in [3.05, 3.63) is 41.8 Å². The van der Waals surface area contributed by atoms with E-state index in [1.54, 1.807) is 6.92 Å². The van der Waals surface area contributed by atoms with Crippen molar-refractivity contribution < 1.29 is 17.3 Å². The van der Waals surface area contributed by atoms with E-state index >= 15 is 0 Å². The van der Waals surface area contributed by atoms with E-state index in [0.717, 1.165) is 25.3 Å². The van der Waals surface area contributed by atoms with E-state index < -0.39 is 32.3 Å². The van der Waals surface area contributed by atoms with Crippen LogP contribution in [-0.4, -0.2) is 18.6 Å². The van der Waals surface area contributed by atoms with E-state index in [2.05, 4.69) is 14.9 Å². The van der Waals surface area contributed by atoms with Gasteiger partial charge in [-0.25, -0.2) is 12.8 Å². The number of sulfonamides is 1. The smallest absolute Gasteiger partial charge is 0.244 e. The van der Waals surface area contributed by atoms with E-state index in [4.69, 9.17) is 10.3 Å². The lowest BCUT2D eigenvalue weighted by Gasteiger charge is -2.34. The minimum absolute atomic E-state index is 0.0941. The van der Waals surface area contributed by atoms with Crippen LogP contribution in [0.3, 0.4) is 0 Å². The second kappa shape index (κ2) is 5.66. The molecule has 0 spiro atoms. The third-order valence-electron chi connectivity index (χ3n) is 3.96. The Bertz CT molecular complexity index is 817. The van der Waals surface area contributed by atoms with Gasteiger partial charge in [-0.05, 0) is 38.3 Å². The molecule has 1 aliphatic rings. The first-order valence-corrected chi connectivity index (χ1v) is 8.70. The van der Waals surface area contributed by atoms with E-state index in [-0.39, 0.29) is 5.89 Å². The van der Waals surface area contributed by atoms with Crippen molar-refractivity contribution in [2.75, 3.05) is 0 Å². The van der Waals surface area contributed by atoms with Gasteiger partial charge in [-0.3, -0.25) is 0 Å². The first kappa shape index (κ1) is 16.0. The van der Waals surface area contributed by atoms with Gasteiger partial charge in [0.25, 0.3) is 0 Å². The van der Waals surface area contributed by atoms with Gasteiger partial charge in [0.05, 0.1) is 11.6 Å². The molecule has 2 aromatic rings. The fourth-order valence-electron chi connectivity index (χ4n) is 2.40. The summed E-state index contributed by atoms with van der Waals surface area (Å²) in [6.45, 7) is 1.54. The number of hydrogen-bond acceptors (Lipinski definition) is 6. The number of rotatable bonds is 5. The monoisotopic (exact) mass is 340 g/mol. The lowest BCUT2D eigenvalue weighted by molar-refractivity contribution is 0.228. The Kier molecular flexibility index (Phi) is 3.95. The van der Waals surface area contributed by atoms with Crippen molar-refractivity contribution in [1.29, 1.82) is 0 Å². The summed E-state index contributed by atoms with van der Waals surface area (Å²) in [6, 6.07) is 4.33. The Labute approximate surface area is 133 Å². The molecule has 1 saturated carbocycles. The lowest BCUT2D eigenvalue weighted by Crippen LogP contribution is -2.44. The van der Waals surface area contributed by atoms with Crippen molar-refractivity contribution in [3.8, 4) is 0 Å². The van der Waals surface area contributed by atoms with Gasteiger partial charge in [-0.15, -0.1) is 0 Å². The highest BCUT2D eigenvalue weighted by molar-refractivity contribution is 7.89. The Hall–Kier alpha value is -1.84. The average molecular weight is 340 g/mol. The predicted molar refractivity (Wildman–Crippen MR) is 79.2 cm³/mol.